The predicted octanol–water partition coefficient (Wildman–Crippen LogP) is 3.10. The van der Waals surface area contributed by atoms with Gasteiger partial charge in [0.25, 0.3) is 0 Å². The Morgan fingerprint density at radius 3 is 2.47 bits per heavy atom. The zero-order valence-corrected chi connectivity index (χ0v) is 19.3. The molecule has 3 aromatic heterocycles. The largest absolute Gasteiger partial charge is 0.493 e. The second kappa shape index (κ2) is 10.0. The highest BCUT2D eigenvalue weighted by molar-refractivity contribution is 5.89. The number of nitrogens with one attached hydrogen (secondary N) is 2. The van der Waals surface area contributed by atoms with E-state index in [-0.39, 0.29) is 6.03 Å². The molecular formula is C23H25N7O4. The lowest BCUT2D eigenvalue weighted by Gasteiger charge is -2.14. The van der Waals surface area contributed by atoms with E-state index >= 15 is 0 Å². The number of methoxy groups -OCH3 is 3. The first kappa shape index (κ1) is 22.8. The van der Waals surface area contributed by atoms with Gasteiger partial charge in [0.1, 0.15) is 11.3 Å². The number of pyridine rings is 1. The summed E-state index contributed by atoms with van der Waals surface area (Å²) < 4.78 is 18.0. The molecule has 0 aliphatic carbocycles. The molecule has 11 nitrogen and oxygen atoms in total. The van der Waals surface area contributed by atoms with Gasteiger partial charge in [-0.1, -0.05) is 0 Å². The molecule has 0 radical (unpaired) electrons. The lowest BCUT2D eigenvalue weighted by Crippen LogP contribution is -2.28. The number of benzene rings is 1. The highest BCUT2D eigenvalue weighted by Gasteiger charge is 2.14. The van der Waals surface area contributed by atoms with Gasteiger partial charge in [0.05, 0.1) is 46.0 Å². The zero-order valence-electron chi connectivity index (χ0n) is 19.3. The van der Waals surface area contributed by atoms with Crippen LogP contribution in [0.4, 0.5) is 10.6 Å². The number of rotatable bonds is 8. The highest BCUT2D eigenvalue weighted by Crippen LogP contribution is 2.38. The number of anilines is 1. The predicted molar refractivity (Wildman–Crippen MR) is 126 cm³/mol. The van der Waals surface area contributed by atoms with Crippen molar-refractivity contribution in [2.24, 2.45) is 0 Å². The van der Waals surface area contributed by atoms with Crippen LogP contribution in [0.15, 0.2) is 42.9 Å². The Morgan fingerprint density at radius 1 is 1.03 bits per heavy atom. The topological polar surface area (TPSA) is 125 Å². The van der Waals surface area contributed by atoms with Crippen molar-refractivity contribution >= 4 is 23.0 Å². The molecule has 2 N–H and O–H groups in total. The Bertz CT molecular complexity index is 1300. The van der Waals surface area contributed by atoms with Crippen LogP contribution >= 0.6 is 0 Å². The quantitative estimate of drug-likeness (QED) is 0.408. The van der Waals surface area contributed by atoms with Crippen LogP contribution in [-0.4, -0.2) is 58.6 Å². The van der Waals surface area contributed by atoms with Gasteiger partial charge in [-0.2, -0.15) is 5.10 Å². The molecular weight excluding hydrogens is 438 g/mol. The summed E-state index contributed by atoms with van der Waals surface area (Å²) in [4.78, 5) is 25.2. The monoisotopic (exact) mass is 463 g/mol. The summed E-state index contributed by atoms with van der Waals surface area (Å²) in [5.74, 6) is 2.08. The number of amides is 2. The van der Waals surface area contributed by atoms with Gasteiger partial charge in [0, 0.05) is 18.3 Å². The average molecular weight is 463 g/mol. The molecule has 1 aromatic carbocycles. The van der Waals surface area contributed by atoms with Crippen molar-refractivity contribution in [2.75, 3.05) is 33.2 Å². The fourth-order valence-electron chi connectivity index (χ4n) is 3.42. The summed E-state index contributed by atoms with van der Waals surface area (Å²) in [6.07, 6.45) is 5.25. The number of carbonyl (C=O) groups is 1. The van der Waals surface area contributed by atoms with Crippen molar-refractivity contribution in [3.63, 3.8) is 0 Å². The van der Waals surface area contributed by atoms with E-state index in [2.05, 4.69) is 30.7 Å². The van der Waals surface area contributed by atoms with Gasteiger partial charge in [-0.05, 0) is 36.8 Å². The van der Waals surface area contributed by atoms with E-state index in [0.717, 1.165) is 11.1 Å². The standard InChI is InChI=1S/C23H25N7O4/c1-5-24-23(31)29-20-7-6-16-22(28-20)27-17(11-25-16)15-10-26-30(13-15)12-14-8-18(32-2)21(34-4)19(9-14)33-3/h6-11,13H,5,12H2,1-4H3,(H2,24,27,28,29,31). The molecule has 11 heteroatoms. The van der Waals surface area contributed by atoms with Crippen molar-refractivity contribution in [3.05, 3.63) is 48.4 Å². The van der Waals surface area contributed by atoms with Crippen LogP contribution in [0.25, 0.3) is 22.4 Å². The maximum Gasteiger partial charge on any atom is 0.320 e. The summed E-state index contributed by atoms with van der Waals surface area (Å²) in [6.45, 7) is 2.84. The fraction of sp³-hybridized carbons (Fsp3) is 0.261. The highest BCUT2D eigenvalue weighted by atomic mass is 16.5. The number of hydrogen-bond donors (Lipinski definition) is 2. The molecule has 0 spiro atoms. The molecule has 0 fully saturated rings. The molecule has 4 rings (SSSR count). The van der Waals surface area contributed by atoms with Gasteiger partial charge in [0.15, 0.2) is 17.1 Å². The molecule has 0 saturated heterocycles. The molecule has 4 aromatic rings. The number of ether oxygens (including phenoxy) is 3. The zero-order chi connectivity index (χ0) is 24.1. The third kappa shape index (κ3) is 4.82. The minimum absolute atomic E-state index is 0.327. The number of carbonyl (C=O) groups excluding carboxylic acids is 1. The van der Waals surface area contributed by atoms with Crippen LogP contribution in [0, 0.1) is 0 Å². The van der Waals surface area contributed by atoms with E-state index in [9.17, 15) is 4.79 Å². The number of urea groups is 1. The summed E-state index contributed by atoms with van der Waals surface area (Å²) >= 11 is 0. The van der Waals surface area contributed by atoms with Crippen LogP contribution in [-0.2, 0) is 6.54 Å². The maximum absolute atomic E-state index is 11.8. The molecule has 0 aliphatic heterocycles. The van der Waals surface area contributed by atoms with Crippen LogP contribution in [0.1, 0.15) is 12.5 Å². The Balaban J connectivity index is 1.58. The molecule has 0 saturated carbocycles. The minimum atomic E-state index is -0.327. The number of aromatic nitrogens is 5. The van der Waals surface area contributed by atoms with Crippen molar-refractivity contribution in [1.82, 2.24) is 30.0 Å². The van der Waals surface area contributed by atoms with Gasteiger partial charge in [-0.3, -0.25) is 15.0 Å². The molecule has 0 atom stereocenters. The first-order chi connectivity index (χ1) is 16.5. The smallest absolute Gasteiger partial charge is 0.320 e. The number of hydrogen-bond acceptors (Lipinski definition) is 8. The van der Waals surface area contributed by atoms with E-state index in [4.69, 9.17) is 14.2 Å². The second-order valence-electron chi connectivity index (χ2n) is 7.24. The normalized spacial score (nSPS) is 10.7. The molecule has 0 bridgehead atoms. The molecule has 2 amide bonds. The van der Waals surface area contributed by atoms with Gasteiger partial charge < -0.3 is 19.5 Å². The lowest BCUT2D eigenvalue weighted by atomic mass is 10.2. The van der Waals surface area contributed by atoms with E-state index in [1.54, 1.807) is 50.5 Å². The molecule has 34 heavy (non-hydrogen) atoms. The SMILES string of the molecule is CCNC(=O)Nc1ccc2ncc(-c3cnn(Cc4cc(OC)c(OC)c(OC)c4)c3)nc2n1. The first-order valence-corrected chi connectivity index (χ1v) is 10.5. The van der Waals surface area contributed by atoms with Crippen molar-refractivity contribution in [1.29, 1.82) is 0 Å². The molecule has 3 heterocycles. The Kier molecular flexibility index (Phi) is 6.72. The lowest BCUT2D eigenvalue weighted by molar-refractivity contribution is 0.252. The fourth-order valence-corrected chi connectivity index (χ4v) is 3.42. The van der Waals surface area contributed by atoms with Gasteiger partial charge in [-0.15, -0.1) is 0 Å². The van der Waals surface area contributed by atoms with Crippen LogP contribution in [0.5, 0.6) is 17.2 Å². The van der Waals surface area contributed by atoms with Crippen LogP contribution < -0.4 is 24.8 Å². The molecule has 176 valence electrons. The summed E-state index contributed by atoms with van der Waals surface area (Å²) in [5.41, 5.74) is 3.37. The van der Waals surface area contributed by atoms with Crippen LogP contribution in [0.3, 0.4) is 0 Å². The van der Waals surface area contributed by atoms with Crippen molar-refractivity contribution in [3.8, 4) is 28.5 Å². The van der Waals surface area contributed by atoms with Gasteiger partial charge in [0.2, 0.25) is 5.75 Å². The average Bonchev–Trinajstić information content (AvgIpc) is 3.31. The Morgan fingerprint density at radius 2 is 1.79 bits per heavy atom. The van der Waals surface area contributed by atoms with E-state index in [1.165, 1.54) is 0 Å². The van der Waals surface area contributed by atoms with E-state index in [0.29, 0.717) is 53.0 Å². The van der Waals surface area contributed by atoms with Gasteiger partial charge in [-0.25, -0.2) is 14.8 Å². The Hall–Kier alpha value is -4.41. The molecule has 0 unspecified atom stereocenters. The number of fused-ring (bicyclic) bond motifs is 1. The van der Waals surface area contributed by atoms with E-state index < -0.39 is 0 Å². The van der Waals surface area contributed by atoms with Crippen LogP contribution in [0.2, 0.25) is 0 Å². The maximum atomic E-state index is 11.8. The van der Waals surface area contributed by atoms with Gasteiger partial charge >= 0.3 is 6.03 Å². The minimum Gasteiger partial charge on any atom is -0.493 e. The third-order valence-corrected chi connectivity index (χ3v) is 4.98. The Labute approximate surface area is 196 Å². The van der Waals surface area contributed by atoms with Crippen molar-refractivity contribution in [2.45, 2.75) is 13.5 Å². The summed E-state index contributed by atoms with van der Waals surface area (Å²) in [5, 5.41) is 9.79. The summed E-state index contributed by atoms with van der Waals surface area (Å²) in [6, 6.07) is 6.87. The first-order valence-electron chi connectivity index (χ1n) is 10.5. The molecule has 0 aliphatic rings. The number of nitrogens with zero attached hydrogens (tertiary/aromatic N) is 5. The third-order valence-electron chi connectivity index (χ3n) is 4.98. The second-order valence-corrected chi connectivity index (χ2v) is 7.24. The summed E-state index contributed by atoms with van der Waals surface area (Å²) in [7, 11) is 4.73. The van der Waals surface area contributed by atoms with Crippen molar-refractivity contribution < 1.29 is 19.0 Å². The van der Waals surface area contributed by atoms with E-state index in [1.807, 2.05) is 25.3 Å².